The summed E-state index contributed by atoms with van der Waals surface area (Å²) in [5.41, 5.74) is 0.0584. The maximum atomic E-state index is 10.4. The molecule has 0 radical (unpaired) electrons. The largest absolute Gasteiger partial charge is 0.464 e. The first-order valence-corrected chi connectivity index (χ1v) is 3.40. The Morgan fingerprint density at radius 2 is 2.29 bits per heavy atom. The van der Waals surface area contributed by atoms with E-state index in [0.29, 0.717) is 5.01 Å². The average Bonchev–Trinajstić information content (AvgIpc) is 2.16. The number of hydrogen-bond acceptors (Lipinski definition) is 5. The standard InChI is InChI=1S/C6H6N4O4/c7-9(6(11)12)4-1-2-5(8-3-4)10(13)14/h1-3H,7H2,(H,11,12). The average molecular weight is 198 g/mol. The van der Waals surface area contributed by atoms with Gasteiger partial charge in [0.1, 0.15) is 5.69 Å². The van der Waals surface area contributed by atoms with E-state index in [0.717, 1.165) is 12.3 Å². The van der Waals surface area contributed by atoms with Gasteiger partial charge in [-0.2, -0.15) is 0 Å². The number of pyridine rings is 1. The maximum absolute atomic E-state index is 10.4. The molecule has 14 heavy (non-hydrogen) atoms. The number of rotatable bonds is 2. The molecule has 0 bridgehead atoms. The second-order valence-electron chi connectivity index (χ2n) is 2.28. The molecule has 0 atom stereocenters. The summed E-state index contributed by atoms with van der Waals surface area (Å²) in [6, 6.07) is 2.26. The molecule has 0 spiro atoms. The van der Waals surface area contributed by atoms with Crippen LogP contribution in [0.1, 0.15) is 0 Å². The maximum Gasteiger partial charge on any atom is 0.426 e. The van der Waals surface area contributed by atoms with Gasteiger partial charge in [-0.1, -0.05) is 0 Å². The number of nitrogens with zero attached hydrogens (tertiary/aromatic N) is 3. The molecule has 0 saturated heterocycles. The zero-order valence-electron chi connectivity index (χ0n) is 6.82. The van der Waals surface area contributed by atoms with Crippen LogP contribution < -0.4 is 10.9 Å². The Bertz CT molecular complexity index is 363. The highest BCUT2D eigenvalue weighted by molar-refractivity contribution is 5.84. The minimum Gasteiger partial charge on any atom is -0.464 e. The van der Waals surface area contributed by atoms with Crippen LogP contribution in [0.3, 0.4) is 0 Å². The first-order chi connectivity index (χ1) is 6.52. The summed E-state index contributed by atoms with van der Waals surface area (Å²) in [7, 11) is 0. The number of amides is 1. The Hall–Kier alpha value is -2.22. The zero-order valence-corrected chi connectivity index (χ0v) is 6.82. The molecule has 3 N–H and O–H groups in total. The molecule has 0 aliphatic rings. The van der Waals surface area contributed by atoms with Gasteiger partial charge < -0.3 is 15.2 Å². The second-order valence-corrected chi connectivity index (χ2v) is 2.28. The van der Waals surface area contributed by atoms with Crippen molar-refractivity contribution in [3.63, 3.8) is 0 Å². The lowest BCUT2D eigenvalue weighted by molar-refractivity contribution is -0.389. The third-order valence-corrected chi connectivity index (χ3v) is 1.40. The van der Waals surface area contributed by atoms with Crippen molar-refractivity contribution < 1.29 is 14.8 Å². The van der Waals surface area contributed by atoms with Gasteiger partial charge in [-0.15, -0.1) is 0 Å². The lowest BCUT2D eigenvalue weighted by Crippen LogP contribution is -2.36. The molecular formula is C6H6N4O4. The van der Waals surface area contributed by atoms with E-state index in [4.69, 9.17) is 10.9 Å². The molecule has 0 aromatic carbocycles. The Morgan fingerprint density at radius 3 is 2.64 bits per heavy atom. The van der Waals surface area contributed by atoms with Crippen LogP contribution in [-0.4, -0.2) is 21.1 Å². The van der Waals surface area contributed by atoms with E-state index in [9.17, 15) is 14.9 Å². The van der Waals surface area contributed by atoms with Gasteiger partial charge in [0, 0.05) is 6.07 Å². The highest BCUT2D eigenvalue weighted by atomic mass is 16.6. The number of carboxylic acid groups (broad SMARTS) is 1. The molecule has 1 rings (SSSR count). The molecule has 0 saturated carbocycles. The van der Waals surface area contributed by atoms with Crippen LogP contribution in [0.25, 0.3) is 0 Å². The van der Waals surface area contributed by atoms with E-state index in [1.54, 1.807) is 0 Å². The van der Waals surface area contributed by atoms with E-state index in [1.807, 2.05) is 0 Å². The number of nitro groups is 1. The van der Waals surface area contributed by atoms with Gasteiger partial charge in [0.05, 0.1) is 0 Å². The van der Waals surface area contributed by atoms with Gasteiger partial charge in [0.25, 0.3) is 0 Å². The van der Waals surface area contributed by atoms with E-state index < -0.39 is 11.0 Å². The van der Waals surface area contributed by atoms with Crippen LogP contribution in [-0.2, 0) is 0 Å². The van der Waals surface area contributed by atoms with Gasteiger partial charge in [-0.05, 0) is 16.0 Å². The molecule has 0 aliphatic heterocycles. The van der Waals surface area contributed by atoms with Gasteiger partial charge in [-0.3, -0.25) is 0 Å². The first kappa shape index (κ1) is 9.86. The Morgan fingerprint density at radius 1 is 1.64 bits per heavy atom. The Labute approximate surface area is 77.7 Å². The normalized spacial score (nSPS) is 9.50. The van der Waals surface area contributed by atoms with Crippen molar-refractivity contribution >= 4 is 17.6 Å². The van der Waals surface area contributed by atoms with Crippen LogP contribution in [0, 0.1) is 10.1 Å². The summed E-state index contributed by atoms with van der Waals surface area (Å²) in [5, 5.41) is 19.1. The first-order valence-electron chi connectivity index (χ1n) is 3.40. The number of carbonyl (C=O) groups is 1. The highest BCUT2D eigenvalue weighted by Crippen LogP contribution is 2.13. The molecule has 0 unspecified atom stereocenters. The van der Waals surface area contributed by atoms with E-state index in [1.165, 1.54) is 6.07 Å². The predicted octanol–water partition coefficient (Wildman–Crippen LogP) is 0.348. The van der Waals surface area contributed by atoms with Gasteiger partial charge in [0.2, 0.25) is 0 Å². The number of aromatic nitrogens is 1. The van der Waals surface area contributed by atoms with Crippen molar-refractivity contribution in [2.45, 2.75) is 0 Å². The third-order valence-electron chi connectivity index (χ3n) is 1.40. The molecule has 74 valence electrons. The summed E-state index contributed by atoms with van der Waals surface area (Å²) in [6.45, 7) is 0. The van der Waals surface area contributed by atoms with Crippen LogP contribution in [0.15, 0.2) is 18.3 Å². The summed E-state index contributed by atoms with van der Waals surface area (Å²) >= 11 is 0. The van der Waals surface area contributed by atoms with Crippen molar-refractivity contribution in [2.24, 2.45) is 5.84 Å². The van der Waals surface area contributed by atoms with Crippen molar-refractivity contribution in [3.8, 4) is 0 Å². The van der Waals surface area contributed by atoms with Crippen LogP contribution in [0.2, 0.25) is 0 Å². The lowest BCUT2D eigenvalue weighted by atomic mass is 10.4. The van der Waals surface area contributed by atoms with Gasteiger partial charge >= 0.3 is 11.9 Å². The molecule has 8 heteroatoms. The van der Waals surface area contributed by atoms with E-state index in [-0.39, 0.29) is 11.5 Å². The predicted molar refractivity (Wildman–Crippen MR) is 45.6 cm³/mol. The Kier molecular flexibility index (Phi) is 2.58. The minimum atomic E-state index is -1.37. The SMILES string of the molecule is NN(C(=O)O)c1ccc([N+](=O)[O-])nc1. The topological polar surface area (TPSA) is 123 Å². The summed E-state index contributed by atoms with van der Waals surface area (Å²) in [6.07, 6.45) is -0.368. The Balaban J connectivity index is 2.94. The minimum absolute atomic E-state index is 0.0584. The number of anilines is 1. The quantitative estimate of drug-likeness (QED) is 0.306. The summed E-state index contributed by atoms with van der Waals surface area (Å²) in [4.78, 5) is 23.3. The molecule has 1 aromatic rings. The number of nitrogens with two attached hydrogens (primary N) is 1. The zero-order chi connectivity index (χ0) is 10.7. The molecule has 1 aromatic heterocycles. The van der Waals surface area contributed by atoms with Crippen LogP contribution in [0.5, 0.6) is 0 Å². The fourth-order valence-electron chi connectivity index (χ4n) is 0.739. The monoisotopic (exact) mass is 198 g/mol. The van der Waals surface area contributed by atoms with Crippen molar-refractivity contribution in [3.05, 3.63) is 28.4 Å². The summed E-state index contributed by atoms with van der Waals surface area (Å²) < 4.78 is 0. The van der Waals surface area contributed by atoms with Crippen molar-refractivity contribution in [2.75, 3.05) is 5.01 Å². The van der Waals surface area contributed by atoms with Gasteiger partial charge in [0.15, 0.2) is 6.20 Å². The second kappa shape index (κ2) is 3.66. The lowest BCUT2D eigenvalue weighted by Gasteiger charge is -2.09. The molecular weight excluding hydrogens is 192 g/mol. The fourth-order valence-corrected chi connectivity index (χ4v) is 0.739. The number of hydrogen-bond donors (Lipinski definition) is 2. The molecule has 1 amide bonds. The van der Waals surface area contributed by atoms with Crippen LogP contribution in [0.4, 0.5) is 16.3 Å². The number of hydrazine groups is 1. The van der Waals surface area contributed by atoms with E-state index in [2.05, 4.69) is 4.98 Å². The van der Waals surface area contributed by atoms with Crippen LogP contribution >= 0.6 is 0 Å². The van der Waals surface area contributed by atoms with Crippen molar-refractivity contribution in [1.82, 2.24) is 4.98 Å². The van der Waals surface area contributed by atoms with E-state index >= 15 is 0 Å². The van der Waals surface area contributed by atoms with Gasteiger partial charge in [-0.25, -0.2) is 15.6 Å². The molecule has 8 nitrogen and oxygen atoms in total. The fraction of sp³-hybridized carbons (Fsp3) is 0. The third kappa shape index (κ3) is 1.93. The molecule has 0 aliphatic carbocycles. The van der Waals surface area contributed by atoms with Crippen molar-refractivity contribution in [1.29, 1.82) is 0 Å². The summed E-state index contributed by atoms with van der Waals surface area (Å²) in [5.74, 6) is 4.72. The highest BCUT2D eigenvalue weighted by Gasteiger charge is 2.13. The smallest absolute Gasteiger partial charge is 0.426 e. The molecule has 1 heterocycles. The molecule has 0 fully saturated rings.